The van der Waals surface area contributed by atoms with Gasteiger partial charge in [-0.1, -0.05) is 37.1 Å². The zero-order valence-electron chi connectivity index (χ0n) is 18.8. The number of aromatic nitrogens is 1. The minimum atomic E-state index is -0.998. The molecule has 8 nitrogen and oxygen atoms in total. The third kappa shape index (κ3) is 4.26. The van der Waals surface area contributed by atoms with Gasteiger partial charge in [0.15, 0.2) is 0 Å². The lowest BCUT2D eigenvalue weighted by atomic mass is 9.72. The van der Waals surface area contributed by atoms with Crippen molar-refractivity contribution in [2.45, 2.75) is 64.1 Å². The lowest BCUT2D eigenvalue weighted by Crippen LogP contribution is -2.57. The Balaban J connectivity index is 1.53. The Morgan fingerprint density at radius 2 is 2.03 bits per heavy atom. The number of rotatable bonds is 4. The number of nitrogens with zero attached hydrogens (tertiary/aromatic N) is 2. The number of hydrogen-bond donors (Lipinski definition) is 2. The fourth-order valence-electron chi connectivity index (χ4n) is 4.74. The number of urea groups is 1. The first-order valence-electron chi connectivity index (χ1n) is 11.1. The smallest absolute Gasteiger partial charge is 0.407 e. The van der Waals surface area contributed by atoms with Crippen LogP contribution < -0.4 is 10.6 Å². The Bertz CT molecular complexity index is 1040. The van der Waals surface area contributed by atoms with Crippen LogP contribution in [0.2, 0.25) is 0 Å². The van der Waals surface area contributed by atoms with Crippen molar-refractivity contribution in [3.63, 3.8) is 0 Å². The summed E-state index contributed by atoms with van der Waals surface area (Å²) in [4.78, 5) is 44.4. The Morgan fingerprint density at radius 3 is 2.81 bits per heavy atom. The van der Waals surface area contributed by atoms with Gasteiger partial charge in [-0.25, -0.2) is 9.59 Å². The van der Waals surface area contributed by atoms with Gasteiger partial charge in [-0.2, -0.15) is 0 Å². The molecular weight excluding hydrogens is 408 g/mol. The highest BCUT2D eigenvalue weighted by atomic mass is 16.6. The van der Waals surface area contributed by atoms with Gasteiger partial charge in [-0.05, 0) is 45.2 Å². The van der Waals surface area contributed by atoms with Crippen molar-refractivity contribution in [1.82, 2.24) is 20.5 Å². The first-order chi connectivity index (χ1) is 15.2. The molecule has 2 heterocycles. The second-order valence-electron chi connectivity index (χ2n) is 9.61. The minimum Gasteiger partial charge on any atom is -0.444 e. The molecule has 2 fully saturated rings. The fourth-order valence-corrected chi connectivity index (χ4v) is 4.74. The number of pyridine rings is 1. The van der Waals surface area contributed by atoms with E-state index in [1.807, 2.05) is 30.3 Å². The highest BCUT2D eigenvalue weighted by Crippen LogP contribution is 2.39. The molecule has 1 aromatic carbocycles. The Labute approximate surface area is 187 Å². The summed E-state index contributed by atoms with van der Waals surface area (Å²) in [6, 6.07) is 9.17. The Hall–Kier alpha value is -3.16. The van der Waals surface area contributed by atoms with Crippen LogP contribution in [0.1, 0.15) is 52.0 Å². The molecule has 4 rings (SSSR count). The summed E-state index contributed by atoms with van der Waals surface area (Å²) in [5.74, 6) is -0.429. The summed E-state index contributed by atoms with van der Waals surface area (Å²) in [5.41, 5.74) is 0.00317. The van der Waals surface area contributed by atoms with Crippen LogP contribution >= 0.6 is 0 Å². The van der Waals surface area contributed by atoms with E-state index in [4.69, 9.17) is 4.74 Å². The van der Waals surface area contributed by atoms with Crippen molar-refractivity contribution in [2.75, 3.05) is 6.54 Å². The maximum Gasteiger partial charge on any atom is 0.407 e. The molecule has 1 aromatic heterocycles. The fraction of sp³-hybridized carbons (Fsp3) is 0.500. The molecule has 1 saturated carbocycles. The van der Waals surface area contributed by atoms with Crippen LogP contribution in [0.5, 0.6) is 0 Å². The van der Waals surface area contributed by atoms with Crippen LogP contribution in [-0.2, 0) is 16.1 Å². The van der Waals surface area contributed by atoms with Crippen molar-refractivity contribution >= 4 is 28.9 Å². The number of carbonyl (C=O) groups excluding carboxylic acids is 3. The number of fused-ring (bicyclic) bond motifs is 1. The summed E-state index contributed by atoms with van der Waals surface area (Å²) in [6.45, 7) is 5.83. The number of para-hydroxylation sites is 1. The number of nitrogens with one attached hydrogen (secondary N) is 2. The molecule has 8 heteroatoms. The number of benzene rings is 1. The average molecular weight is 439 g/mol. The molecule has 0 radical (unpaired) electrons. The lowest BCUT2D eigenvalue weighted by molar-refractivity contribution is -0.134. The van der Waals surface area contributed by atoms with E-state index in [-0.39, 0.29) is 24.9 Å². The summed E-state index contributed by atoms with van der Waals surface area (Å²) in [6.07, 6.45) is 4.28. The number of ether oxygens (including phenoxy) is 1. The molecule has 4 amide bonds. The van der Waals surface area contributed by atoms with Crippen molar-refractivity contribution < 1.29 is 19.1 Å². The highest BCUT2D eigenvalue weighted by Gasteiger charge is 2.56. The average Bonchev–Trinajstić information content (AvgIpc) is 2.97. The molecule has 0 unspecified atom stereocenters. The van der Waals surface area contributed by atoms with Crippen molar-refractivity contribution in [2.24, 2.45) is 5.92 Å². The SMILES string of the molecule is CC(C)(C)OC(=O)NC[C@@H]1CCCC[C@]12NC(=O)N(Cc1cccc3cccnc13)C2=O. The maximum atomic E-state index is 13.6. The van der Waals surface area contributed by atoms with Gasteiger partial charge in [0.1, 0.15) is 11.1 Å². The molecule has 1 aliphatic carbocycles. The molecule has 1 spiro atoms. The first kappa shape index (κ1) is 22.0. The minimum absolute atomic E-state index is 0.160. The predicted molar refractivity (Wildman–Crippen MR) is 120 cm³/mol. The quantitative estimate of drug-likeness (QED) is 0.709. The van der Waals surface area contributed by atoms with E-state index >= 15 is 0 Å². The summed E-state index contributed by atoms with van der Waals surface area (Å²) in [7, 11) is 0. The van der Waals surface area contributed by atoms with Gasteiger partial charge in [0.05, 0.1) is 12.1 Å². The second-order valence-corrected chi connectivity index (χ2v) is 9.61. The Morgan fingerprint density at radius 1 is 1.25 bits per heavy atom. The van der Waals surface area contributed by atoms with Gasteiger partial charge >= 0.3 is 12.1 Å². The lowest BCUT2D eigenvalue weighted by Gasteiger charge is -2.39. The largest absolute Gasteiger partial charge is 0.444 e. The van der Waals surface area contributed by atoms with E-state index in [0.717, 1.165) is 35.7 Å². The van der Waals surface area contributed by atoms with E-state index < -0.39 is 23.3 Å². The Kier molecular flexibility index (Phi) is 5.79. The van der Waals surface area contributed by atoms with Gasteiger partial charge in [0, 0.05) is 24.0 Å². The van der Waals surface area contributed by atoms with Crippen molar-refractivity contribution in [1.29, 1.82) is 0 Å². The third-order valence-electron chi connectivity index (χ3n) is 6.21. The van der Waals surface area contributed by atoms with E-state index in [1.165, 1.54) is 4.90 Å². The predicted octanol–water partition coefficient (Wildman–Crippen LogP) is 3.74. The zero-order valence-corrected chi connectivity index (χ0v) is 18.8. The molecule has 2 aliphatic rings. The van der Waals surface area contributed by atoms with Crippen LogP contribution in [0.4, 0.5) is 9.59 Å². The molecule has 1 saturated heterocycles. The molecular formula is C24H30N4O4. The molecule has 2 atom stereocenters. The van der Waals surface area contributed by atoms with Crippen LogP contribution in [0, 0.1) is 5.92 Å². The molecule has 0 bridgehead atoms. The van der Waals surface area contributed by atoms with E-state index in [1.54, 1.807) is 27.0 Å². The third-order valence-corrected chi connectivity index (χ3v) is 6.21. The number of alkyl carbamates (subject to hydrolysis) is 1. The number of carbonyl (C=O) groups is 3. The number of hydrogen-bond acceptors (Lipinski definition) is 5. The molecule has 2 N–H and O–H groups in total. The summed E-state index contributed by atoms with van der Waals surface area (Å²) in [5, 5.41) is 6.74. The van der Waals surface area contributed by atoms with Gasteiger partial charge in [-0.15, -0.1) is 0 Å². The van der Waals surface area contributed by atoms with Crippen molar-refractivity contribution in [3.8, 4) is 0 Å². The summed E-state index contributed by atoms with van der Waals surface area (Å²) >= 11 is 0. The van der Waals surface area contributed by atoms with Crippen molar-refractivity contribution in [3.05, 3.63) is 42.1 Å². The van der Waals surface area contributed by atoms with Crippen LogP contribution in [0.25, 0.3) is 10.9 Å². The van der Waals surface area contributed by atoms with Gasteiger partial charge in [-0.3, -0.25) is 14.7 Å². The molecule has 1 aliphatic heterocycles. The standard InChI is InChI=1S/C24H30N4O4/c1-23(2,3)32-22(31)26-14-18-11-4-5-12-24(18)20(29)28(21(30)27-24)15-17-9-6-8-16-10-7-13-25-19(16)17/h6-10,13,18H,4-5,11-12,14-15H2,1-3H3,(H,26,31)(H,27,30)/t18-,24-/m0/s1. The van der Waals surface area contributed by atoms with E-state index in [2.05, 4.69) is 15.6 Å². The van der Waals surface area contributed by atoms with Gasteiger partial charge < -0.3 is 15.4 Å². The van der Waals surface area contributed by atoms with Gasteiger partial charge in [0.2, 0.25) is 0 Å². The van der Waals surface area contributed by atoms with E-state index in [9.17, 15) is 14.4 Å². The normalized spacial score (nSPS) is 23.5. The molecule has 2 aromatic rings. The van der Waals surface area contributed by atoms with Crippen LogP contribution in [0.15, 0.2) is 36.5 Å². The molecule has 170 valence electrons. The maximum absolute atomic E-state index is 13.6. The highest BCUT2D eigenvalue weighted by molar-refractivity contribution is 6.07. The second kappa shape index (κ2) is 8.41. The van der Waals surface area contributed by atoms with E-state index in [0.29, 0.717) is 6.42 Å². The number of amides is 4. The molecule has 32 heavy (non-hydrogen) atoms. The van der Waals surface area contributed by atoms with Crippen LogP contribution in [0.3, 0.4) is 0 Å². The monoisotopic (exact) mass is 438 g/mol. The van der Waals surface area contributed by atoms with Gasteiger partial charge in [0.25, 0.3) is 5.91 Å². The topological polar surface area (TPSA) is 101 Å². The van der Waals surface area contributed by atoms with Crippen LogP contribution in [-0.4, -0.2) is 45.6 Å². The zero-order chi connectivity index (χ0) is 22.9. The number of imide groups is 1. The first-order valence-corrected chi connectivity index (χ1v) is 11.1. The summed E-state index contributed by atoms with van der Waals surface area (Å²) < 4.78 is 5.33.